The van der Waals surface area contributed by atoms with E-state index in [-0.39, 0.29) is 11.9 Å². The molecule has 0 saturated heterocycles. The SMILES string of the molecule is Cc1cccnc1NC(=O)CC(N)C(C)C. The normalized spacial score (nSPS) is 12.6. The molecule has 4 heteroatoms. The maximum atomic E-state index is 11.6. The molecule has 0 radical (unpaired) electrons. The average Bonchev–Trinajstić information content (AvgIpc) is 2.21. The van der Waals surface area contributed by atoms with Crippen LogP contribution in [0.5, 0.6) is 0 Å². The molecule has 0 bridgehead atoms. The summed E-state index contributed by atoms with van der Waals surface area (Å²) in [5.74, 6) is 0.835. The van der Waals surface area contributed by atoms with Gasteiger partial charge in [-0.25, -0.2) is 4.98 Å². The van der Waals surface area contributed by atoms with E-state index in [0.29, 0.717) is 18.2 Å². The maximum Gasteiger partial charge on any atom is 0.227 e. The Morgan fingerprint density at radius 3 is 2.81 bits per heavy atom. The zero-order valence-electron chi connectivity index (χ0n) is 10.0. The van der Waals surface area contributed by atoms with Crippen molar-refractivity contribution in [3.05, 3.63) is 23.9 Å². The first kappa shape index (κ1) is 12.6. The van der Waals surface area contributed by atoms with E-state index in [4.69, 9.17) is 5.73 Å². The second-order valence-electron chi connectivity index (χ2n) is 4.33. The number of amides is 1. The molecule has 1 aromatic heterocycles. The van der Waals surface area contributed by atoms with Crippen LogP contribution in [0.25, 0.3) is 0 Å². The third-order valence-corrected chi connectivity index (χ3v) is 2.54. The van der Waals surface area contributed by atoms with Crippen molar-refractivity contribution in [2.24, 2.45) is 11.7 Å². The summed E-state index contributed by atoms with van der Waals surface area (Å²) in [6.45, 7) is 5.92. The standard InChI is InChI=1S/C12H19N3O/c1-8(2)10(13)7-11(16)15-12-9(3)5-4-6-14-12/h4-6,8,10H,7,13H2,1-3H3,(H,14,15,16). The molecule has 16 heavy (non-hydrogen) atoms. The molecule has 0 spiro atoms. The van der Waals surface area contributed by atoms with Crippen LogP contribution in [0, 0.1) is 12.8 Å². The quantitative estimate of drug-likeness (QED) is 0.813. The number of carbonyl (C=O) groups excluding carboxylic acids is 1. The van der Waals surface area contributed by atoms with Gasteiger partial charge in [0.05, 0.1) is 0 Å². The lowest BCUT2D eigenvalue weighted by Gasteiger charge is -2.15. The van der Waals surface area contributed by atoms with Gasteiger partial charge in [0.2, 0.25) is 5.91 Å². The van der Waals surface area contributed by atoms with Crippen molar-refractivity contribution in [3.8, 4) is 0 Å². The molecule has 1 rings (SSSR count). The lowest BCUT2D eigenvalue weighted by atomic mass is 10.0. The lowest BCUT2D eigenvalue weighted by molar-refractivity contribution is -0.116. The smallest absolute Gasteiger partial charge is 0.227 e. The van der Waals surface area contributed by atoms with E-state index < -0.39 is 0 Å². The van der Waals surface area contributed by atoms with E-state index in [1.54, 1.807) is 6.20 Å². The van der Waals surface area contributed by atoms with Gasteiger partial charge in [0.1, 0.15) is 5.82 Å². The number of nitrogens with two attached hydrogens (primary N) is 1. The Hall–Kier alpha value is -1.42. The number of carbonyl (C=O) groups is 1. The lowest BCUT2D eigenvalue weighted by Crippen LogP contribution is -2.31. The van der Waals surface area contributed by atoms with E-state index >= 15 is 0 Å². The van der Waals surface area contributed by atoms with Gasteiger partial charge in [0.15, 0.2) is 0 Å². The third-order valence-electron chi connectivity index (χ3n) is 2.54. The van der Waals surface area contributed by atoms with Crippen LogP contribution in [0.4, 0.5) is 5.82 Å². The average molecular weight is 221 g/mol. The first-order valence-electron chi connectivity index (χ1n) is 5.47. The second-order valence-corrected chi connectivity index (χ2v) is 4.33. The number of pyridine rings is 1. The Kier molecular flexibility index (Phi) is 4.43. The van der Waals surface area contributed by atoms with Gasteiger partial charge in [-0.05, 0) is 24.5 Å². The summed E-state index contributed by atoms with van der Waals surface area (Å²) in [6, 6.07) is 3.64. The van der Waals surface area contributed by atoms with Gasteiger partial charge < -0.3 is 11.1 Å². The van der Waals surface area contributed by atoms with E-state index in [9.17, 15) is 4.79 Å². The molecular formula is C12H19N3O. The predicted octanol–water partition coefficient (Wildman–Crippen LogP) is 1.70. The van der Waals surface area contributed by atoms with Crippen molar-refractivity contribution in [1.29, 1.82) is 0 Å². The number of hydrogen-bond donors (Lipinski definition) is 2. The predicted molar refractivity (Wildman–Crippen MR) is 65.0 cm³/mol. The van der Waals surface area contributed by atoms with E-state index in [2.05, 4.69) is 10.3 Å². The number of aryl methyl sites for hydroxylation is 1. The van der Waals surface area contributed by atoms with Crippen molar-refractivity contribution in [3.63, 3.8) is 0 Å². The van der Waals surface area contributed by atoms with Crippen LogP contribution in [0.2, 0.25) is 0 Å². The highest BCUT2D eigenvalue weighted by atomic mass is 16.1. The number of aromatic nitrogens is 1. The molecule has 0 aliphatic heterocycles. The Balaban J connectivity index is 2.55. The van der Waals surface area contributed by atoms with Gasteiger partial charge in [-0.3, -0.25) is 4.79 Å². The molecule has 0 fully saturated rings. The highest BCUT2D eigenvalue weighted by molar-refractivity contribution is 5.90. The number of anilines is 1. The van der Waals surface area contributed by atoms with Crippen LogP contribution in [-0.4, -0.2) is 16.9 Å². The molecule has 0 aromatic carbocycles. The second kappa shape index (κ2) is 5.61. The van der Waals surface area contributed by atoms with Crippen molar-refractivity contribution in [1.82, 2.24) is 4.98 Å². The van der Waals surface area contributed by atoms with Gasteiger partial charge in [-0.2, -0.15) is 0 Å². The minimum Gasteiger partial charge on any atom is -0.327 e. The summed E-state index contributed by atoms with van der Waals surface area (Å²) in [5.41, 5.74) is 6.78. The Morgan fingerprint density at radius 2 is 2.25 bits per heavy atom. The van der Waals surface area contributed by atoms with Crippen LogP contribution in [0.15, 0.2) is 18.3 Å². The molecule has 88 valence electrons. The fourth-order valence-electron chi connectivity index (χ4n) is 1.25. The minimum atomic E-state index is -0.107. The topological polar surface area (TPSA) is 68.0 Å². The number of rotatable bonds is 4. The van der Waals surface area contributed by atoms with Gasteiger partial charge in [0, 0.05) is 18.7 Å². The molecule has 1 heterocycles. The summed E-state index contributed by atoms with van der Waals surface area (Å²) < 4.78 is 0. The molecule has 1 unspecified atom stereocenters. The zero-order chi connectivity index (χ0) is 12.1. The van der Waals surface area contributed by atoms with E-state index in [0.717, 1.165) is 5.56 Å². The van der Waals surface area contributed by atoms with E-state index in [1.807, 2.05) is 32.9 Å². The maximum absolute atomic E-state index is 11.6. The van der Waals surface area contributed by atoms with Crippen LogP contribution < -0.4 is 11.1 Å². The van der Waals surface area contributed by atoms with Gasteiger partial charge in [0.25, 0.3) is 0 Å². The summed E-state index contributed by atoms with van der Waals surface area (Å²) >= 11 is 0. The molecule has 0 aliphatic carbocycles. The molecule has 3 N–H and O–H groups in total. The summed E-state index contributed by atoms with van der Waals surface area (Å²) in [5, 5.41) is 2.77. The van der Waals surface area contributed by atoms with Crippen LogP contribution in [0.1, 0.15) is 25.8 Å². The molecule has 4 nitrogen and oxygen atoms in total. The zero-order valence-corrected chi connectivity index (χ0v) is 10.0. The largest absolute Gasteiger partial charge is 0.327 e. The van der Waals surface area contributed by atoms with Gasteiger partial charge >= 0.3 is 0 Å². The minimum absolute atomic E-state index is 0.0806. The Labute approximate surface area is 96.3 Å². The van der Waals surface area contributed by atoms with Crippen molar-refractivity contribution in [2.75, 3.05) is 5.32 Å². The summed E-state index contributed by atoms with van der Waals surface area (Å²) in [7, 11) is 0. The Bertz CT molecular complexity index is 363. The van der Waals surface area contributed by atoms with Crippen LogP contribution >= 0.6 is 0 Å². The number of nitrogens with one attached hydrogen (secondary N) is 1. The summed E-state index contributed by atoms with van der Waals surface area (Å²) in [4.78, 5) is 15.7. The molecular weight excluding hydrogens is 202 g/mol. The Morgan fingerprint density at radius 1 is 1.56 bits per heavy atom. The highest BCUT2D eigenvalue weighted by Gasteiger charge is 2.13. The summed E-state index contributed by atoms with van der Waals surface area (Å²) in [6.07, 6.45) is 1.98. The van der Waals surface area contributed by atoms with Crippen LogP contribution in [0.3, 0.4) is 0 Å². The first-order chi connectivity index (χ1) is 7.50. The number of nitrogens with zero attached hydrogens (tertiary/aromatic N) is 1. The van der Waals surface area contributed by atoms with E-state index in [1.165, 1.54) is 0 Å². The fraction of sp³-hybridized carbons (Fsp3) is 0.500. The third kappa shape index (κ3) is 3.62. The van der Waals surface area contributed by atoms with Gasteiger partial charge in [-0.1, -0.05) is 19.9 Å². The van der Waals surface area contributed by atoms with Gasteiger partial charge in [-0.15, -0.1) is 0 Å². The van der Waals surface area contributed by atoms with Crippen molar-refractivity contribution >= 4 is 11.7 Å². The fourth-order valence-corrected chi connectivity index (χ4v) is 1.25. The number of hydrogen-bond acceptors (Lipinski definition) is 3. The van der Waals surface area contributed by atoms with Crippen molar-refractivity contribution < 1.29 is 4.79 Å². The molecule has 0 saturated carbocycles. The first-order valence-corrected chi connectivity index (χ1v) is 5.47. The van der Waals surface area contributed by atoms with Crippen molar-refractivity contribution in [2.45, 2.75) is 33.2 Å². The molecule has 1 aromatic rings. The molecule has 0 aliphatic rings. The molecule has 1 atom stereocenters. The monoisotopic (exact) mass is 221 g/mol. The van der Waals surface area contributed by atoms with Crippen LogP contribution in [-0.2, 0) is 4.79 Å². The molecule has 1 amide bonds. The highest BCUT2D eigenvalue weighted by Crippen LogP contribution is 2.10.